The minimum Gasteiger partial charge on any atom is -0.491 e. The van der Waals surface area contributed by atoms with Crippen LogP contribution in [0.1, 0.15) is 45.6 Å². The van der Waals surface area contributed by atoms with Crippen molar-refractivity contribution in [2.45, 2.75) is 40.0 Å². The fraction of sp³-hybridized carbons (Fsp3) is 0.667. The van der Waals surface area contributed by atoms with Crippen LogP contribution in [0.4, 0.5) is 0 Å². The minimum absolute atomic E-state index is 0.536. The lowest BCUT2D eigenvalue weighted by Gasteiger charge is -2.17. The summed E-state index contributed by atoms with van der Waals surface area (Å²) in [6.45, 7) is 14.4. The molecular weight excluding hydrogens is 262 g/mol. The summed E-state index contributed by atoms with van der Waals surface area (Å²) in [6.07, 6.45) is 1.13. The molecule has 1 rings (SSSR count). The van der Waals surface area contributed by atoms with Crippen molar-refractivity contribution in [1.29, 1.82) is 0 Å². The highest BCUT2D eigenvalue weighted by Crippen LogP contribution is 2.28. The van der Waals surface area contributed by atoms with E-state index in [1.165, 1.54) is 18.7 Å². The van der Waals surface area contributed by atoms with E-state index < -0.39 is 0 Å². The molecule has 0 aliphatic carbocycles. The van der Waals surface area contributed by atoms with Gasteiger partial charge in [-0.25, -0.2) is 0 Å². The normalized spacial score (nSPS) is 12.6. The first-order chi connectivity index (χ1) is 10.2. The van der Waals surface area contributed by atoms with Crippen LogP contribution in [0.25, 0.3) is 0 Å². The lowest BCUT2D eigenvalue weighted by atomic mass is 9.98. The molecule has 0 spiro atoms. The number of nitrogens with one attached hydrogen (secondary N) is 1. The summed E-state index contributed by atoms with van der Waals surface area (Å²) in [4.78, 5) is 1.58. The molecule has 0 radical (unpaired) electrons. The van der Waals surface area contributed by atoms with Gasteiger partial charge >= 0.3 is 0 Å². The highest BCUT2D eigenvalue weighted by molar-refractivity contribution is 5.35. The molecule has 0 saturated carbocycles. The lowest BCUT2D eigenvalue weighted by Crippen LogP contribution is -3.11. The third kappa shape index (κ3) is 6.49. The van der Waals surface area contributed by atoms with Gasteiger partial charge in [0.2, 0.25) is 0 Å². The maximum atomic E-state index is 5.89. The molecule has 3 nitrogen and oxygen atoms in total. The lowest BCUT2D eigenvalue weighted by molar-refractivity contribution is -0.896. The van der Waals surface area contributed by atoms with Crippen LogP contribution in [-0.4, -0.2) is 39.5 Å². The zero-order valence-electron chi connectivity index (χ0n) is 14.2. The molecular formula is C18H32NO2+. The van der Waals surface area contributed by atoms with Gasteiger partial charge in [0.25, 0.3) is 0 Å². The molecule has 0 bridgehead atoms. The van der Waals surface area contributed by atoms with E-state index in [1.807, 2.05) is 6.07 Å². The Labute approximate surface area is 130 Å². The average Bonchev–Trinajstić information content (AvgIpc) is 2.54. The monoisotopic (exact) mass is 294 g/mol. The van der Waals surface area contributed by atoms with Crippen LogP contribution in [0.2, 0.25) is 0 Å². The summed E-state index contributed by atoms with van der Waals surface area (Å²) in [5, 5.41) is 0. The van der Waals surface area contributed by atoms with E-state index in [9.17, 15) is 0 Å². The summed E-state index contributed by atoms with van der Waals surface area (Å²) in [5.41, 5.74) is 1.30. The predicted molar refractivity (Wildman–Crippen MR) is 88.4 cm³/mol. The Balaban J connectivity index is 2.27. The summed E-state index contributed by atoms with van der Waals surface area (Å²) >= 11 is 0. The van der Waals surface area contributed by atoms with Crippen molar-refractivity contribution in [2.75, 3.05) is 39.5 Å². The fourth-order valence-corrected chi connectivity index (χ4v) is 2.37. The van der Waals surface area contributed by atoms with Gasteiger partial charge in [-0.15, -0.1) is 0 Å². The first kappa shape index (κ1) is 18.0. The van der Waals surface area contributed by atoms with Crippen molar-refractivity contribution in [3.63, 3.8) is 0 Å². The first-order valence-corrected chi connectivity index (χ1v) is 8.35. The predicted octanol–water partition coefficient (Wildman–Crippen LogP) is 2.52. The topological polar surface area (TPSA) is 22.9 Å². The van der Waals surface area contributed by atoms with Gasteiger partial charge in [0.15, 0.2) is 0 Å². The van der Waals surface area contributed by atoms with E-state index in [1.54, 1.807) is 4.90 Å². The van der Waals surface area contributed by atoms with E-state index in [2.05, 4.69) is 45.9 Å². The van der Waals surface area contributed by atoms with Crippen molar-refractivity contribution in [1.82, 2.24) is 0 Å². The smallest absolute Gasteiger partial charge is 0.122 e. The van der Waals surface area contributed by atoms with Crippen LogP contribution < -0.4 is 9.64 Å². The molecule has 3 heteroatoms. The highest BCUT2D eigenvalue weighted by Gasteiger charge is 2.09. The molecule has 1 N–H and O–H groups in total. The number of quaternary nitrogens is 1. The van der Waals surface area contributed by atoms with Crippen LogP contribution in [-0.2, 0) is 4.74 Å². The third-order valence-corrected chi connectivity index (χ3v) is 4.15. The highest BCUT2D eigenvalue weighted by atomic mass is 16.5. The van der Waals surface area contributed by atoms with Crippen LogP contribution in [0, 0.1) is 0 Å². The van der Waals surface area contributed by atoms with E-state index in [4.69, 9.17) is 9.47 Å². The Kier molecular flexibility index (Phi) is 9.11. The molecule has 1 aromatic rings. The second-order valence-corrected chi connectivity index (χ2v) is 5.52. The number of benzene rings is 1. The molecule has 1 aromatic carbocycles. The van der Waals surface area contributed by atoms with Crippen LogP contribution in [0.3, 0.4) is 0 Å². The molecule has 120 valence electrons. The third-order valence-electron chi connectivity index (χ3n) is 4.15. The maximum Gasteiger partial charge on any atom is 0.122 e. The largest absolute Gasteiger partial charge is 0.491 e. The Bertz CT molecular complexity index is 377. The second-order valence-electron chi connectivity index (χ2n) is 5.52. The van der Waals surface area contributed by atoms with Gasteiger partial charge in [-0.05, 0) is 37.8 Å². The second kappa shape index (κ2) is 10.6. The Hall–Kier alpha value is -1.06. The number of ether oxygens (including phenoxy) is 2. The molecule has 0 aliphatic heterocycles. The molecule has 0 saturated heterocycles. The van der Waals surface area contributed by atoms with Crippen molar-refractivity contribution < 1.29 is 14.4 Å². The Morgan fingerprint density at radius 1 is 1.00 bits per heavy atom. The quantitative estimate of drug-likeness (QED) is 0.634. The summed E-state index contributed by atoms with van der Waals surface area (Å²) in [6, 6.07) is 8.33. The Morgan fingerprint density at radius 2 is 1.71 bits per heavy atom. The van der Waals surface area contributed by atoms with Crippen LogP contribution in [0.15, 0.2) is 24.3 Å². The van der Waals surface area contributed by atoms with Crippen molar-refractivity contribution in [3.05, 3.63) is 29.8 Å². The molecule has 0 heterocycles. The van der Waals surface area contributed by atoms with Crippen LogP contribution in [0.5, 0.6) is 5.75 Å². The van der Waals surface area contributed by atoms with Crippen LogP contribution >= 0.6 is 0 Å². The number of likely N-dealkylation sites (N-methyl/N-ethyl adjacent to an activating group) is 1. The van der Waals surface area contributed by atoms with Gasteiger partial charge in [0, 0.05) is 0 Å². The molecule has 21 heavy (non-hydrogen) atoms. The van der Waals surface area contributed by atoms with Crippen molar-refractivity contribution in [2.24, 2.45) is 0 Å². The average molecular weight is 294 g/mol. The van der Waals surface area contributed by atoms with Crippen molar-refractivity contribution in [3.8, 4) is 5.75 Å². The number of hydrogen-bond donors (Lipinski definition) is 1. The van der Waals surface area contributed by atoms with Gasteiger partial charge in [-0.1, -0.05) is 32.0 Å². The standard InChI is InChI=1S/C18H31NO2/c1-5-16(4)17-10-8-9-11-18(17)21-15-14-20-13-12-19(6-2)7-3/h8-11,16H,5-7,12-15H2,1-4H3/p+1/t16-/m0/s1. The van der Waals surface area contributed by atoms with Crippen molar-refractivity contribution >= 4 is 0 Å². The van der Waals surface area contributed by atoms with Gasteiger partial charge in [-0.2, -0.15) is 0 Å². The molecule has 1 atom stereocenters. The molecule has 0 aliphatic rings. The van der Waals surface area contributed by atoms with E-state index in [-0.39, 0.29) is 0 Å². The maximum absolute atomic E-state index is 5.89. The van der Waals surface area contributed by atoms with E-state index in [0.29, 0.717) is 19.1 Å². The van der Waals surface area contributed by atoms with Gasteiger partial charge in [0.1, 0.15) is 18.9 Å². The van der Waals surface area contributed by atoms with Gasteiger partial charge in [-0.3, -0.25) is 0 Å². The molecule has 0 fully saturated rings. The fourth-order valence-electron chi connectivity index (χ4n) is 2.37. The van der Waals surface area contributed by atoms with E-state index in [0.717, 1.165) is 25.3 Å². The summed E-state index contributed by atoms with van der Waals surface area (Å²) < 4.78 is 11.6. The minimum atomic E-state index is 0.536. The summed E-state index contributed by atoms with van der Waals surface area (Å²) in [7, 11) is 0. The number of hydrogen-bond acceptors (Lipinski definition) is 2. The molecule has 0 unspecified atom stereocenters. The molecule has 0 amide bonds. The SMILES string of the molecule is CC[C@H](C)c1ccccc1OCCOCC[NH+](CC)CC. The molecule has 0 aromatic heterocycles. The summed E-state index contributed by atoms with van der Waals surface area (Å²) in [5.74, 6) is 1.54. The van der Waals surface area contributed by atoms with Gasteiger partial charge in [0.05, 0.1) is 26.3 Å². The zero-order chi connectivity index (χ0) is 15.5. The van der Waals surface area contributed by atoms with Gasteiger partial charge < -0.3 is 14.4 Å². The van der Waals surface area contributed by atoms with E-state index >= 15 is 0 Å². The number of para-hydroxylation sites is 1. The number of rotatable bonds is 11. The zero-order valence-corrected chi connectivity index (χ0v) is 14.2. The Morgan fingerprint density at radius 3 is 2.38 bits per heavy atom. The first-order valence-electron chi connectivity index (χ1n) is 8.35.